The van der Waals surface area contributed by atoms with E-state index in [1.807, 2.05) is 36.4 Å². The predicted octanol–water partition coefficient (Wildman–Crippen LogP) is 8.35. The zero-order valence-electron chi connectivity index (χ0n) is 23.9. The van der Waals surface area contributed by atoms with Gasteiger partial charge in [0.1, 0.15) is 0 Å². The van der Waals surface area contributed by atoms with Crippen LogP contribution in [0.15, 0.2) is 66.7 Å². The molecule has 0 N–H and O–H groups in total. The maximum atomic E-state index is 3.19. The standard InChI is InChI=1S/C17H28.C14H16N2.CH2.V/c1-11-12(2)14(16(4,5)6)10-15(13(11)3)17(7,8)9;1-15(13-9-5-3-6-10-13)16(2)14-11-7-4-8-12-14;;/h10H,1-9H3;3-12H,1-2H3;1H2;. The Bertz CT molecular complexity index is 963. The van der Waals surface area contributed by atoms with Crippen molar-refractivity contribution in [2.75, 3.05) is 24.1 Å². The molecular formula is C32H46N2V. The number of benzene rings is 3. The minimum absolute atomic E-state index is 0.225. The fraction of sp³-hybridized carbons (Fsp3) is 0.406. The predicted molar refractivity (Wildman–Crippen MR) is 155 cm³/mol. The van der Waals surface area contributed by atoms with Crippen LogP contribution >= 0.6 is 0 Å². The molecule has 0 saturated heterocycles. The van der Waals surface area contributed by atoms with Gasteiger partial charge in [-0.15, -0.1) is 0 Å². The van der Waals surface area contributed by atoms with Gasteiger partial charge in [-0.3, -0.25) is 10.0 Å². The summed E-state index contributed by atoms with van der Waals surface area (Å²) in [5.41, 5.74) is 10.2. The van der Waals surface area contributed by atoms with Gasteiger partial charge in [0.05, 0.1) is 11.4 Å². The van der Waals surface area contributed by atoms with Crippen LogP contribution in [-0.4, -0.2) is 19.3 Å². The van der Waals surface area contributed by atoms with Gasteiger partial charge in [-0.1, -0.05) is 84.0 Å². The monoisotopic (exact) mass is 509 g/mol. The molecule has 0 aliphatic heterocycles. The van der Waals surface area contributed by atoms with Gasteiger partial charge in [0.2, 0.25) is 0 Å². The van der Waals surface area contributed by atoms with Crippen molar-refractivity contribution in [3.63, 3.8) is 0 Å². The van der Waals surface area contributed by atoms with Gasteiger partial charge in [-0.2, -0.15) is 0 Å². The number of hydrogen-bond donors (Lipinski definition) is 0. The summed E-state index contributed by atoms with van der Waals surface area (Å²) in [4.78, 5) is 0. The van der Waals surface area contributed by atoms with E-state index in [1.54, 1.807) is 0 Å². The first kappa shape index (κ1) is 30.7. The molecule has 0 fully saturated rings. The van der Waals surface area contributed by atoms with Crippen LogP contribution in [0, 0.1) is 20.8 Å². The summed E-state index contributed by atoms with van der Waals surface area (Å²) in [5.74, 6) is 0. The number of rotatable bonds is 3. The van der Waals surface area contributed by atoms with Crippen molar-refractivity contribution in [2.24, 2.45) is 0 Å². The van der Waals surface area contributed by atoms with Crippen LogP contribution in [0.3, 0.4) is 0 Å². The van der Waals surface area contributed by atoms with E-state index in [0.717, 1.165) is 0 Å². The van der Waals surface area contributed by atoms with E-state index in [4.69, 9.17) is 0 Å². The maximum absolute atomic E-state index is 3.19. The zero-order valence-corrected chi connectivity index (χ0v) is 25.3. The molecule has 0 aliphatic carbocycles. The molecule has 189 valence electrons. The first-order valence-corrected chi connectivity index (χ1v) is 13.2. The quantitative estimate of drug-likeness (QED) is 0.327. The molecule has 0 saturated carbocycles. The third-order valence-corrected chi connectivity index (χ3v) is 6.55. The van der Waals surface area contributed by atoms with E-state index in [-0.39, 0.29) is 10.8 Å². The molecule has 35 heavy (non-hydrogen) atoms. The second-order valence-electron chi connectivity index (χ2n) is 11.1. The van der Waals surface area contributed by atoms with E-state index in [0.29, 0.717) is 0 Å². The number of nitrogens with zero attached hydrogens (tertiary/aromatic N) is 2. The average Bonchev–Trinajstić information content (AvgIpc) is 2.83. The molecule has 0 bridgehead atoms. The molecule has 0 unspecified atom stereocenters. The van der Waals surface area contributed by atoms with Gasteiger partial charge in [0, 0.05) is 14.1 Å². The van der Waals surface area contributed by atoms with Crippen molar-refractivity contribution in [2.45, 2.75) is 73.1 Å². The summed E-state index contributed by atoms with van der Waals surface area (Å²) >= 11 is 2.06. The van der Waals surface area contributed by atoms with E-state index >= 15 is 0 Å². The Morgan fingerprint density at radius 1 is 0.543 bits per heavy atom. The Morgan fingerprint density at radius 3 is 1.09 bits per heavy atom. The molecule has 3 aromatic rings. The third-order valence-electron chi connectivity index (χ3n) is 6.55. The topological polar surface area (TPSA) is 6.48 Å². The third kappa shape index (κ3) is 8.41. The Morgan fingerprint density at radius 2 is 0.829 bits per heavy atom. The number of hydrogen-bond acceptors (Lipinski definition) is 2. The van der Waals surface area contributed by atoms with Crippen molar-refractivity contribution in [1.82, 2.24) is 0 Å². The first-order chi connectivity index (χ1) is 16.2. The molecule has 0 atom stereocenters. The van der Waals surface area contributed by atoms with Gasteiger partial charge in [0.25, 0.3) is 0 Å². The molecule has 0 amide bonds. The van der Waals surface area contributed by atoms with Gasteiger partial charge >= 0.3 is 22.2 Å². The Labute approximate surface area is 224 Å². The molecule has 0 aliphatic rings. The van der Waals surface area contributed by atoms with Crippen molar-refractivity contribution in [3.05, 3.63) is 94.5 Å². The second-order valence-corrected chi connectivity index (χ2v) is 11.1. The van der Waals surface area contributed by atoms with Gasteiger partial charge in [-0.05, 0) is 83.7 Å². The number of hydrazine groups is 1. The van der Waals surface area contributed by atoms with E-state index in [1.165, 1.54) is 39.2 Å². The van der Waals surface area contributed by atoms with Crippen molar-refractivity contribution >= 4 is 16.6 Å². The molecule has 0 heterocycles. The summed E-state index contributed by atoms with van der Waals surface area (Å²) in [6.07, 6.45) is 0. The SMILES string of the molecule is CN(c1ccccc1)N(C)c1ccccc1.Cc1c(C(C)(C)C)cc(C(C)(C)C)c(C)c1C.[CH2]=[V]. The van der Waals surface area contributed by atoms with Crippen LogP contribution in [0.1, 0.15) is 69.4 Å². The van der Waals surface area contributed by atoms with E-state index in [2.05, 4.69) is 139 Å². The Hall–Kier alpha value is -2.29. The fourth-order valence-electron chi connectivity index (χ4n) is 4.24. The summed E-state index contributed by atoms with van der Waals surface area (Å²) in [5, 5.41) is 7.43. The Balaban J connectivity index is 0.000000327. The van der Waals surface area contributed by atoms with Crippen LogP contribution in [-0.2, 0) is 27.8 Å². The molecule has 3 rings (SSSR count). The summed E-state index contributed by atoms with van der Waals surface area (Å²) < 4.78 is 0. The van der Waals surface area contributed by atoms with Crippen LogP contribution in [0.4, 0.5) is 11.4 Å². The fourth-order valence-corrected chi connectivity index (χ4v) is 4.24. The molecule has 3 heteroatoms. The van der Waals surface area contributed by atoms with Crippen LogP contribution < -0.4 is 10.0 Å². The molecule has 0 radical (unpaired) electrons. The first-order valence-electron chi connectivity index (χ1n) is 12.3. The molecular weight excluding hydrogens is 463 g/mol. The van der Waals surface area contributed by atoms with E-state index < -0.39 is 0 Å². The van der Waals surface area contributed by atoms with Crippen molar-refractivity contribution < 1.29 is 17.0 Å². The van der Waals surface area contributed by atoms with Crippen LogP contribution in [0.25, 0.3) is 0 Å². The van der Waals surface area contributed by atoms with Gasteiger partial charge in [-0.25, -0.2) is 0 Å². The van der Waals surface area contributed by atoms with Gasteiger partial charge < -0.3 is 0 Å². The normalized spacial score (nSPS) is 10.9. The molecule has 0 spiro atoms. The molecule has 3 aromatic carbocycles. The summed E-state index contributed by atoms with van der Waals surface area (Å²) in [6.45, 7) is 20.6. The Kier molecular flexibility index (Phi) is 11.5. The van der Waals surface area contributed by atoms with E-state index in [9.17, 15) is 0 Å². The van der Waals surface area contributed by atoms with Crippen LogP contribution in [0.5, 0.6) is 0 Å². The van der Waals surface area contributed by atoms with Gasteiger partial charge in [0.15, 0.2) is 0 Å². The zero-order chi connectivity index (χ0) is 27.0. The average molecular weight is 510 g/mol. The summed E-state index contributed by atoms with van der Waals surface area (Å²) in [6, 6.07) is 23.1. The number of anilines is 2. The number of para-hydroxylation sites is 2. The molecule has 0 aromatic heterocycles. The van der Waals surface area contributed by atoms with Crippen molar-refractivity contribution in [3.8, 4) is 0 Å². The summed E-state index contributed by atoms with van der Waals surface area (Å²) in [7, 11) is 4.12. The van der Waals surface area contributed by atoms with Crippen molar-refractivity contribution in [1.29, 1.82) is 0 Å². The van der Waals surface area contributed by atoms with Crippen LogP contribution in [0.2, 0.25) is 0 Å². The molecule has 2 nitrogen and oxygen atoms in total. The second kappa shape index (κ2) is 13.1. The minimum atomic E-state index is 0.225.